The quantitative estimate of drug-likeness (QED) is 0.771. The first kappa shape index (κ1) is 13.7. The first-order chi connectivity index (χ1) is 10.1. The molecule has 3 nitrogen and oxygen atoms in total. The second-order valence-corrected chi connectivity index (χ2v) is 5.50. The fourth-order valence-corrected chi connectivity index (χ4v) is 2.54. The first-order valence-corrected chi connectivity index (χ1v) is 7.10. The van der Waals surface area contributed by atoms with Crippen molar-refractivity contribution in [1.82, 2.24) is 4.57 Å². The van der Waals surface area contributed by atoms with Crippen molar-refractivity contribution < 1.29 is 4.79 Å². The van der Waals surface area contributed by atoms with E-state index in [1.165, 1.54) is 5.56 Å². The minimum Gasteiger partial charge on any atom is -0.338 e. The molecule has 21 heavy (non-hydrogen) atoms. The second-order valence-electron chi connectivity index (χ2n) is 5.06. The lowest BCUT2D eigenvalue weighted by Crippen LogP contribution is -2.18. The molecular formula is C17H15ClN2O. The number of anilines is 1. The van der Waals surface area contributed by atoms with Crippen molar-refractivity contribution in [3.8, 4) is 0 Å². The average molecular weight is 299 g/mol. The molecule has 0 atom stereocenters. The van der Waals surface area contributed by atoms with Gasteiger partial charge >= 0.3 is 0 Å². The maximum atomic E-state index is 12.1. The molecule has 2 aromatic carbocycles. The molecule has 0 aliphatic carbocycles. The number of benzene rings is 2. The van der Waals surface area contributed by atoms with Gasteiger partial charge in [0.1, 0.15) is 6.54 Å². The molecule has 0 spiro atoms. The summed E-state index contributed by atoms with van der Waals surface area (Å²) in [6.45, 7) is 2.32. The number of fused-ring (bicyclic) bond motifs is 1. The number of rotatable bonds is 3. The summed E-state index contributed by atoms with van der Waals surface area (Å²) in [5, 5.41) is 4.60. The van der Waals surface area contributed by atoms with E-state index in [1.54, 1.807) is 12.1 Å². The Labute approximate surface area is 128 Å². The van der Waals surface area contributed by atoms with E-state index in [1.807, 2.05) is 35.9 Å². The standard InChI is InChI=1S/C17H15ClN2O/c1-12-5-6-13-7-8-20(16(13)9-12)11-17(21)19-15-4-2-3-14(18)10-15/h2-10H,11H2,1H3,(H,19,21). The van der Waals surface area contributed by atoms with Crippen LogP contribution < -0.4 is 5.32 Å². The largest absolute Gasteiger partial charge is 0.338 e. The Kier molecular flexibility index (Phi) is 3.67. The Hall–Kier alpha value is -2.26. The van der Waals surface area contributed by atoms with Gasteiger partial charge in [-0.2, -0.15) is 0 Å². The first-order valence-electron chi connectivity index (χ1n) is 6.73. The minimum absolute atomic E-state index is 0.0729. The van der Waals surface area contributed by atoms with Crippen molar-refractivity contribution in [2.45, 2.75) is 13.5 Å². The number of hydrogen-bond donors (Lipinski definition) is 1. The summed E-state index contributed by atoms with van der Waals surface area (Å²) in [4.78, 5) is 12.1. The van der Waals surface area contributed by atoms with Crippen LogP contribution in [0.2, 0.25) is 5.02 Å². The third kappa shape index (κ3) is 3.09. The lowest BCUT2D eigenvalue weighted by Gasteiger charge is -2.08. The Balaban J connectivity index is 1.79. The Morgan fingerprint density at radius 1 is 1.19 bits per heavy atom. The molecule has 0 saturated carbocycles. The molecule has 1 N–H and O–H groups in total. The lowest BCUT2D eigenvalue weighted by molar-refractivity contribution is -0.116. The van der Waals surface area contributed by atoms with E-state index in [0.717, 1.165) is 10.9 Å². The van der Waals surface area contributed by atoms with E-state index >= 15 is 0 Å². The molecule has 4 heteroatoms. The number of amides is 1. The molecular weight excluding hydrogens is 284 g/mol. The highest BCUT2D eigenvalue weighted by Gasteiger charge is 2.07. The van der Waals surface area contributed by atoms with Crippen LogP contribution in [0, 0.1) is 6.92 Å². The predicted molar refractivity (Wildman–Crippen MR) is 86.8 cm³/mol. The van der Waals surface area contributed by atoms with Crippen LogP contribution in [0.25, 0.3) is 10.9 Å². The van der Waals surface area contributed by atoms with Crippen LogP contribution in [0.5, 0.6) is 0 Å². The van der Waals surface area contributed by atoms with Gasteiger partial charge in [0, 0.05) is 22.4 Å². The highest BCUT2D eigenvalue weighted by atomic mass is 35.5. The van der Waals surface area contributed by atoms with E-state index in [9.17, 15) is 4.79 Å². The zero-order chi connectivity index (χ0) is 14.8. The van der Waals surface area contributed by atoms with Crippen LogP contribution in [-0.4, -0.2) is 10.5 Å². The summed E-state index contributed by atoms with van der Waals surface area (Å²) < 4.78 is 1.95. The molecule has 1 amide bonds. The number of halogens is 1. The van der Waals surface area contributed by atoms with Crippen LogP contribution >= 0.6 is 11.6 Å². The lowest BCUT2D eigenvalue weighted by atomic mass is 10.2. The SMILES string of the molecule is Cc1ccc2ccn(CC(=O)Nc3cccc(Cl)c3)c2c1. The molecule has 1 heterocycles. The summed E-state index contributed by atoms with van der Waals surface area (Å²) in [7, 11) is 0. The van der Waals surface area contributed by atoms with Crippen molar-refractivity contribution in [1.29, 1.82) is 0 Å². The molecule has 0 radical (unpaired) electrons. The summed E-state index contributed by atoms with van der Waals surface area (Å²) >= 11 is 5.91. The van der Waals surface area contributed by atoms with Gasteiger partial charge < -0.3 is 9.88 Å². The average Bonchev–Trinajstić information content (AvgIpc) is 2.81. The van der Waals surface area contributed by atoms with E-state index in [4.69, 9.17) is 11.6 Å². The molecule has 1 aromatic heterocycles. The van der Waals surface area contributed by atoms with E-state index in [2.05, 4.69) is 23.5 Å². The number of carbonyl (C=O) groups excluding carboxylic acids is 1. The fraction of sp³-hybridized carbons (Fsp3) is 0.118. The fourth-order valence-electron chi connectivity index (χ4n) is 2.35. The number of nitrogens with one attached hydrogen (secondary N) is 1. The van der Waals surface area contributed by atoms with Gasteiger partial charge in [0.25, 0.3) is 0 Å². The van der Waals surface area contributed by atoms with Gasteiger partial charge in [0.05, 0.1) is 0 Å². The van der Waals surface area contributed by atoms with Gasteiger partial charge in [-0.1, -0.05) is 29.8 Å². The predicted octanol–water partition coefficient (Wildman–Crippen LogP) is 4.24. The molecule has 0 fully saturated rings. The highest BCUT2D eigenvalue weighted by Crippen LogP contribution is 2.18. The summed E-state index contributed by atoms with van der Waals surface area (Å²) in [6, 6.07) is 15.4. The third-order valence-electron chi connectivity index (χ3n) is 3.35. The van der Waals surface area contributed by atoms with E-state index in [0.29, 0.717) is 10.7 Å². The number of aryl methyl sites for hydroxylation is 1. The molecule has 0 aliphatic rings. The van der Waals surface area contributed by atoms with Crippen LogP contribution in [-0.2, 0) is 11.3 Å². The number of hydrogen-bond acceptors (Lipinski definition) is 1. The van der Waals surface area contributed by atoms with Crippen molar-refractivity contribution in [2.24, 2.45) is 0 Å². The molecule has 0 unspecified atom stereocenters. The molecule has 0 bridgehead atoms. The van der Waals surface area contributed by atoms with Crippen molar-refractivity contribution in [3.05, 3.63) is 65.3 Å². The van der Waals surface area contributed by atoms with Crippen molar-refractivity contribution >= 4 is 34.1 Å². The minimum atomic E-state index is -0.0729. The Morgan fingerprint density at radius 2 is 2.05 bits per heavy atom. The van der Waals surface area contributed by atoms with Gasteiger partial charge in [-0.3, -0.25) is 4.79 Å². The summed E-state index contributed by atoms with van der Waals surface area (Å²) in [5.41, 5.74) is 2.95. The summed E-state index contributed by atoms with van der Waals surface area (Å²) in [6.07, 6.45) is 1.93. The normalized spacial score (nSPS) is 10.8. The van der Waals surface area contributed by atoms with Crippen LogP contribution in [0.1, 0.15) is 5.56 Å². The van der Waals surface area contributed by atoms with Gasteiger partial charge in [-0.15, -0.1) is 0 Å². The van der Waals surface area contributed by atoms with E-state index < -0.39 is 0 Å². The van der Waals surface area contributed by atoms with Gasteiger partial charge in [0.2, 0.25) is 5.91 Å². The van der Waals surface area contributed by atoms with Crippen molar-refractivity contribution in [2.75, 3.05) is 5.32 Å². The zero-order valence-electron chi connectivity index (χ0n) is 11.6. The topological polar surface area (TPSA) is 34.0 Å². The maximum absolute atomic E-state index is 12.1. The number of carbonyl (C=O) groups is 1. The highest BCUT2D eigenvalue weighted by molar-refractivity contribution is 6.30. The molecule has 0 aliphatic heterocycles. The summed E-state index contributed by atoms with van der Waals surface area (Å²) in [5.74, 6) is -0.0729. The maximum Gasteiger partial charge on any atom is 0.244 e. The molecule has 0 saturated heterocycles. The Bertz CT molecular complexity index is 807. The third-order valence-corrected chi connectivity index (χ3v) is 3.59. The zero-order valence-corrected chi connectivity index (χ0v) is 12.4. The van der Waals surface area contributed by atoms with Gasteiger partial charge in [-0.25, -0.2) is 0 Å². The van der Waals surface area contributed by atoms with Crippen LogP contribution in [0.3, 0.4) is 0 Å². The Morgan fingerprint density at radius 3 is 2.86 bits per heavy atom. The van der Waals surface area contributed by atoms with Gasteiger partial charge in [0.15, 0.2) is 0 Å². The van der Waals surface area contributed by atoms with Crippen LogP contribution in [0.15, 0.2) is 54.7 Å². The van der Waals surface area contributed by atoms with E-state index in [-0.39, 0.29) is 12.5 Å². The molecule has 106 valence electrons. The van der Waals surface area contributed by atoms with Crippen molar-refractivity contribution in [3.63, 3.8) is 0 Å². The molecule has 3 aromatic rings. The smallest absolute Gasteiger partial charge is 0.244 e. The van der Waals surface area contributed by atoms with Crippen LogP contribution in [0.4, 0.5) is 5.69 Å². The number of nitrogens with zero attached hydrogens (tertiary/aromatic N) is 1. The molecule has 3 rings (SSSR count). The number of aromatic nitrogens is 1. The van der Waals surface area contributed by atoms with Gasteiger partial charge in [-0.05, 0) is 48.2 Å². The second kappa shape index (κ2) is 5.62. The monoisotopic (exact) mass is 298 g/mol.